The second kappa shape index (κ2) is 10.5. The number of hydrogen-bond acceptors (Lipinski definition) is 2. The van der Waals surface area contributed by atoms with Crippen molar-refractivity contribution in [2.24, 2.45) is 0 Å². The maximum Gasteiger partial charge on any atom is 0.418 e. The van der Waals surface area contributed by atoms with Crippen LogP contribution in [-0.4, -0.2) is 4.98 Å². The molecule has 1 aromatic heterocycles. The van der Waals surface area contributed by atoms with Gasteiger partial charge in [0.2, 0.25) is 0 Å². The largest absolute Gasteiger partial charge is 0.489 e. The quantitative estimate of drug-likeness (QED) is 0.196. The van der Waals surface area contributed by atoms with Crippen molar-refractivity contribution in [1.29, 1.82) is 0 Å². The van der Waals surface area contributed by atoms with E-state index in [1.807, 2.05) is 31.2 Å². The minimum absolute atomic E-state index is 0.116. The summed E-state index contributed by atoms with van der Waals surface area (Å²) < 4.78 is 86.9. The van der Waals surface area contributed by atoms with Crippen LogP contribution in [0.25, 0.3) is 33.2 Å². The highest BCUT2D eigenvalue weighted by Gasteiger charge is 2.34. The number of halogens is 7. The van der Waals surface area contributed by atoms with E-state index >= 15 is 0 Å². The Bertz CT molecular complexity index is 1710. The Labute approximate surface area is 230 Å². The number of benzene rings is 4. The van der Waals surface area contributed by atoms with Crippen LogP contribution in [0.3, 0.4) is 0 Å². The van der Waals surface area contributed by atoms with Crippen LogP contribution in [0.5, 0.6) is 5.75 Å². The lowest BCUT2D eigenvalue weighted by Gasteiger charge is -2.18. The van der Waals surface area contributed by atoms with Crippen molar-refractivity contribution < 1.29 is 31.1 Å². The van der Waals surface area contributed by atoms with Gasteiger partial charge < -0.3 is 4.74 Å². The number of fused-ring (bicyclic) bond motifs is 1. The number of rotatable bonds is 5. The van der Waals surface area contributed by atoms with Crippen LogP contribution in [0.1, 0.15) is 22.3 Å². The van der Waals surface area contributed by atoms with Crippen molar-refractivity contribution in [3.63, 3.8) is 0 Å². The summed E-state index contributed by atoms with van der Waals surface area (Å²) in [5, 5.41) is 0.416. The summed E-state index contributed by atoms with van der Waals surface area (Å²) in [7, 11) is 0. The van der Waals surface area contributed by atoms with Crippen LogP contribution in [0.15, 0.2) is 91.1 Å². The first-order valence-electron chi connectivity index (χ1n) is 12.1. The van der Waals surface area contributed by atoms with Gasteiger partial charge in [0, 0.05) is 33.3 Å². The van der Waals surface area contributed by atoms with Crippen LogP contribution in [0.4, 0.5) is 26.3 Å². The Kier molecular flexibility index (Phi) is 7.23. The topological polar surface area (TPSA) is 22.1 Å². The molecule has 5 aromatic rings. The molecule has 4 aromatic carbocycles. The summed E-state index contributed by atoms with van der Waals surface area (Å²) in [5.74, 6) is 0.304. The average molecular weight is 572 g/mol. The van der Waals surface area contributed by atoms with E-state index in [2.05, 4.69) is 4.98 Å². The molecule has 0 spiro atoms. The van der Waals surface area contributed by atoms with Crippen LogP contribution in [-0.2, 0) is 19.0 Å². The zero-order valence-corrected chi connectivity index (χ0v) is 21.6. The molecule has 5 rings (SSSR count). The van der Waals surface area contributed by atoms with Crippen molar-refractivity contribution in [1.82, 2.24) is 4.98 Å². The van der Waals surface area contributed by atoms with E-state index < -0.39 is 23.5 Å². The van der Waals surface area contributed by atoms with E-state index in [1.54, 1.807) is 30.3 Å². The third kappa shape index (κ3) is 5.49. The van der Waals surface area contributed by atoms with Crippen LogP contribution in [0, 0.1) is 6.92 Å². The van der Waals surface area contributed by atoms with Crippen molar-refractivity contribution >= 4 is 22.5 Å². The van der Waals surface area contributed by atoms with E-state index in [4.69, 9.17) is 16.3 Å². The number of alkyl halides is 6. The number of aryl methyl sites for hydroxylation is 1. The zero-order valence-electron chi connectivity index (χ0n) is 20.9. The first-order chi connectivity index (χ1) is 18.9. The fourth-order valence-electron chi connectivity index (χ4n) is 4.61. The molecule has 204 valence electrons. The van der Waals surface area contributed by atoms with E-state index in [0.717, 1.165) is 35.4 Å². The first-order valence-corrected chi connectivity index (χ1v) is 12.4. The minimum atomic E-state index is -4.61. The van der Waals surface area contributed by atoms with E-state index in [1.165, 1.54) is 12.3 Å². The molecule has 1 heterocycles. The van der Waals surface area contributed by atoms with Crippen LogP contribution < -0.4 is 4.74 Å². The van der Waals surface area contributed by atoms with E-state index in [-0.39, 0.29) is 22.7 Å². The number of pyridine rings is 1. The zero-order chi connectivity index (χ0) is 28.7. The van der Waals surface area contributed by atoms with Gasteiger partial charge in [0.15, 0.2) is 0 Å². The molecule has 2 nitrogen and oxygen atoms in total. The van der Waals surface area contributed by atoms with Gasteiger partial charge in [-0.2, -0.15) is 26.3 Å². The van der Waals surface area contributed by atoms with Gasteiger partial charge in [-0.25, -0.2) is 0 Å². The van der Waals surface area contributed by atoms with Gasteiger partial charge in [0.25, 0.3) is 0 Å². The predicted molar refractivity (Wildman–Crippen MR) is 143 cm³/mol. The van der Waals surface area contributed by atoms with Gasteiger partial charge in [-0.05, 0) is 60.0 Å². The van der Waals surface area contributed by atoms with Crippen molar-refractivity contribution in [2.75, 3.05) is 0 Å². The standard InChI is InChI=1S/C31H20ClF6NO/c1-18-6-2-3-9-23(18)25-16-39-29-24(10-5-11-26(29)31(36,37)38)28(25)19-7-4-8-22(15-19)40-17-20-14-21(30(33,34)35)12-13-27(20)32/h2-16H,17H2,1H3. The average Bonchev–Trinajstić information content (AvgIpc) is 2.91. The molecular weight excluding hydrogens is 552 g/mol. The second-order valence-electron chi connectivity index (χ2n) is 9.18. The Morgan fingerprint density at radius 1 is 0.775 bits per heavy atom. The predicted octanol–water partition coefficient (Wildman–Crippen LogP) is 10.1. The molecule has 40 heavy (non-hydrogen) atoms. The number of nitrogens with zero attached hydrogens (tertiary/aromatic N) is 1. The summed E-state index contributed by atoms with van der Waals surface area (Å²) in [6.45, 7) is 1.65. The number of para-hydroxylation sites is 1. The van der Waals surface area contributed by atoms with Gasteiger partial charge in [0.05, 0.1) is 16.6 Å². The van der Waals surface area contributed by atoms with Gasteiger partial charge >= 0.3 is 12.4 Å². The third-order valence-corrected chi connectivity index (χ3v) is 6.90. The summed E-state index contributed by atoms with van der Waals surface area (Å²) >= 11 is 6.11. The Morgan fingerprint density at radius 3 is 2.25 bits per heavy atom. The normalized spacial score (nSPS) is 12.1. The molecule has 0 saturated carbocycles. The molecule has 0 aliphatic carbocycles. The summed E-state index contributed by atoms with van der Waals surface area (Å²) in [6.07, 6.45) is -7.71. The molecule has 0 aliphatic heterocycles. The fourth-order valence-corrected chi connectivity index (χ4v) is 4.78. The monoisotopic (exact) mass is 571 g/mol. The van der Waals surface area contributed by atoms with E-state index in [9.17, 15) is 26.3 Å². The lowest BCUT2D eigenvalue weighted by atomic mass is 9.90. The van der Waals surface area contributed by atoms with Crippen molar-refractivity contribution in [3.8, 4) is 28.0 Å². The SMILES string of the molecule is Cc1ccccc1-c1cnc2c(C(F)(F)F)cccc2c1-c1cccc(OCc2cc(C(F)(F)F)ccc2Cl)c1. The smallest absolute Gasteiger partial charge is 0.418 e. The fraction of sp³-hybridized carbons (Fsp3) is 0.129. The molecular formula is C31H20ClF6NO. The minimum Gasteiger partial charge on any atom is -0.489 e. The lowest BCUT2D eigenvalue weighted by Crippen LogP contribution is -2.07. The molecule has 0 N–H and O–H groups in total. The second-order valence-corrected chi connectivity index (χ2v) is 9.59. The molecule has 0 radical (unpaired) electrons. The molecule has 0 bridgehead atoms. The Morgan fingerprint density at radius 2 is 1.52 bits per heavy atom. The summed E-state index contributed by atoms with van der Waals surface area (Å²) in [4.78, 5) is 4.23. The maximum atomic E-state index is 13.9. The number of ether oxygens (including phenoxy) is 1. The molecule has 0 atom stereocenters. The molecule has 0 unspecified atom stereocenters. The molecule has 0 saturated heterocycles. The molecule has 0 fully saturated rings. The van der Waals surface area contributed by atoms with Crippen LogP contribution >= 0.6 is 11.6 Å². The molecule has 0 aliphatic rings. The van der Waals surface area contributed by atoms with Crippen molar-refractivity contribution in [2.45, 2.75) is 25.9 Å². The number of aromatic nitrogens is 1. The maximum absolute atomic E-state index is 13.9. The third-order valence-electron chi connectivity index (χ3n) is 6.53. The molecule has 9 heteroatoms. The summed E-state index contributed by atoms with van der Waals surface area (Å²) in [5.41, 5.74) is 1.66. The lowest BCUT2D eigenvalue weighted by molar-refractivity contribution is -0.138. The van der Waals surface area contributed by atoms with Crippen molar-refractivity contribution in [3.05, 3.63) is 118 Å². The Hall–Kier alpha value is -4.04. The Balaban J connectivity index is 1.62. The summed E-state index contributed by atoms with van der Waals surface area (Å²) in [6, 6.07) is 21.0. The highest BCUT2D eigenvalue weighted by molar-refractivity contribution is 6.31. The van der Waals surface area contributed by atoms with Gasteiger partial charge in [-0.3, -0.25) is 4.98 Å². The van der Waals surface area contributed by atoms with E-state index in [0.29, 0.717) is 27.8 Å². The highest BCUT2D eigenvalue weighted by atomic mass is 35.5. The van der Waals surface area contributed by atoms with Gasteiger partial charge in [-0.1, -0.05) is 60.1 Å². The number of hydrogen-bond donors (Lipinski definition) is 0. The first kappa shape index (κ1) is 27.5. The molecule has 0 amide bonds. The van der Waals surface area contributed by atoms with Crippen LogP contribution in [0.2, 0.25) is 5.02 Å². The van der Waals surface area contributed by atoms with Gasteiger partial charge in [0.1, 0.15) is 12.4 Å². The van der Waals surface area contributed by atoms with Gasteiger partial charge in [-0.15, -0.1) is 0 Å². The highest BCUT2D eigenvalue weighted by Crippen LogP contribution is 2.43.